The van der Waals surface area contributed by atoms with Gasteiger partial charge < -0.3 is 30.6 Å². The third-order valence-corrected chi connectivity index (χ3v) is 8.77. The van der Waals surface area contributed by atoms with E-state index in [1.54, 1.807) is 30.5 Å². The van der Waals surface area contributed by atoms with E-state index in [4.69, 9.17) is 19.9 Å². The molecule has 1 unspecified atom stereocenters. The summed E-state index contributed by atoms with van der Waals surface area (Å²) in [5.74, 6) is -1.63. The Balaban J connectivity index is 1.02. The second kappa shape index (κ2) is 15.0. The first kappa shape index (κ1) is 33.7. The Morgan fingerprint density at radius 3 is 2.43 bits per heavy atom. The summed E-state index contributed by atoms with van der Waals surface area (Å²) in [6.45, 7) is 2.49. The highest BCUT2D eigenvalue weighted by Gasteiger charge is 2.56. The number of ether oxygens (including phenoxy) is 3. The SMILES string of the molecule is NCC(=O)OCC1CCCN1CCCOc1ccc2c(Oc3ccc(NC(=O)C4(C(=O)Nc5ccc(F)cc5)CC4)cc3F)ccnc2c1. The number of likely N-dealkylation sites (tertiary alicyclic amines) is 1. The lowest BCUT2D eigenvalue weighted by Crippen LogP contribution is -2.36. The van der Waals surface area contributed by atoms with Crippen LogP contribution in [0.2, 0.25) is 0 Å². The molecule has 4 N–H and O–H groups in total. The number of nitrogens with two attached hydrogens (primary N) is 1. The molecule has 0 spiro atoms. The van der Waals surface area contributed by atoms with Gasteiger partial charge in [0.2, 0.25) is 11.8 Å². The van der Waals surface area contributed by atoms with E-state index >= 15 is 4.39 Å². The van der Waals surface area contributed by atoms with Crippen molar-refractivity contribution >= 4 is 40.1 Å². The molecule has 49 heavy (non-hydrogen) atoms. The van der Waals surface area contributed by atoms with Gasteiger partial charge in [0, 0.05) is 47.7 Å². The maximum absolute atomic E-state index is 15.2. The molecule has 13 heteroatoms. The Morgan fingerprint density at radius 2 is 1.69 bits per heavy atom. The smallest absolute Gasteiger partial charge is 0.319 e. The molecule has 2 heterocycles. The number of carbonyl (C=O) groups is 3. The van der Waals surface area contributed by atoms with Crippen molar-refractivity contribution in [3.63, 3.8) is 0 Å². The number of amides is 2. The average molecular weight is 674 g/mol. The molecule has 1 saturated carbocycles. The van der Waals surface area contributed by atoms with E-state index in [0.29, 0.717) is 54.1 Å². The summed E-state index contributed by atoms with van der Waals surface area (Å²) in [4.78, 5) is 44.0. The third kappa shape index (κ3) is 8.12. The number of halogens is 2. The Kier molecular flexibility index (Phi) is 10.3. The van der Waals surface area contributed by atoms with Crippen LogP contribution in [0.3, 0.4) is 0 Å². The Labute approximate surface area is 281 Å². The molecule has 0 radical (unpaired) electrons. The first-order valence-corrected chi connectivity index (χ1v) is 16.2. The van der Waals surface area contributed by atoms with Crippen LogP contribution < -0.4 is 25.8 Å². The number of hydrogen-bond acceptors (Lipinski definition) is 9. The minimum Gasteiger partial charge on any atom is -0.493 e. The van der Waals surface area contributed by atoms with Crippen molar-refractivity contribution in [1.82, 2.24) is 9.88 Å². The quantitative estimate of drug-likeness (QED) is 0.0911. The van der Waals surface area contributed by atoms with Crippen molar-refractivity contribution in [1.29, 1.82) is 0 Å². The van der Waals surface area contributed by atoms with E-state index in [0.717, 1.165) is 38.4 Å². The zero-order chi connectivity index (χ0) is 34.4. The van der Waals surface area contributed by atoms with Crippen LogP contribution in [0, 0.1) is 17.0 Å². The molecule has 3 aromatic carbocycles. The normalized spacial score (nSPS) is 16.6. The summed E-state index contributed by atoms with van der Waals surface area (Å²) in [6.07, 6.45) is 5.06. The van der Waals surface area contributed by atoms with Gasteiger partial charge in [-0.05, 0) is 93.2 Å². The van der Waals surface area contributed by atoms with E-state index in [2.05, 4.69) is 20.5 Å². The maximum Gasteiger partial charge on any atom is 0.319 e. The number of anilines is 2. The molecule has 256 valence electrons. The van der Waals surface area contributed by atoms with Gasteiger partial charge in [0.05, 0.1) is 18.7 Å². The fourth-order valence-electron chi connectivity index (χ4n) is 5.86. The summed E-state index contributed by atoms with van der Waals surface area (Å²) in [6, 6.07) is 16.5. The van der Waals surface area contributed by atoms with Crippen LogP contribution in [0.4, 0.5) is 20.2 Å². The molecule has 2 amide bonds. The maximum atomic E-state index is 15.2. The van der Waals surface area contributed by atoms with Crippen LogP contribution in [0.25, 0.3) is 10.9 Å². The van der Waals surface area contributed by atoms with Crippen LogP contribution in [0.15, 0.2) is 72.9 Å². The van der Waals surface area contributed by atoms with Gasteiger partial charge in [-0.1, -0.05) is 0 Å². The molecule has 2 aliphatic rings. The number of nitrogens with zero attached hydrogens (tertiary/aromatic N) is 2. The fourth-order valence-corrected chi connectivity index (χ4v) is 5.86. The Morgan fingerprint density at radius 1 is 0.939 bits per heavy atom. The molecule has 1 saturated heterocycles. The van der Waals surface area contributed by atoms with Crippen molar-refractivity contribution in [2.24, 2.45) is 11.1 Å². The summed E-state index contributed by atoms with van der Waals surface area (Å²) >= 11 is 0. The van der Waals surface area contributed by atoms with Crippen LogP contribution in [-0.4, -0.2) is 66.6 Å². The van der Waals surface area contributed by atoms with Crippen LogP contribution >= 0.6 is 0 Å². The van der Waals surface area contributed by atoms with E-state index in [1.807, 2.05) is 0 Å². The van der Waals surface area contributed by atoms with Gasteiger partial charge in [0.25, 0.3) is 0 Å². The standard InChI is InChI=1S/C36H37F2N5O6/c37-23-4-6-24(7-5-23)41-34(45)36(13-14-36)35(46)42-25-8-11-32(29(38)19-25)49-31-12-15-40-30-20-27(9-10-28(30)31)47-18-2-17-43-16-1-3-26(43)22-48-33(44)21-39/h4-12,15,19-20,26H,1-3,13-14,16-18,21-22,39H2,(H,41,45)(H,42,46). The summed E-state index contributed by atoms with van der Waals surface area (Å²) in [7, 11) is 0. The van der Waals surface area contributed by atoms with Crippen LogP contribution in [-0.2, 0) is 19.1 Å². The highest BCUT2D eigenvalue weighted by atomic mass is 19.1. The van der Waals surface area contributed by atoms with Crippen molar-refractivity contribution < 1.29 is 37.4 Å². The van der Waals surface area contributed by atoms with Gasteiger partial charge in [0.1, 0.15) is 29.3 Å². The van der Waals surface area contributed by atoms with E-state index in [9.17, 15) is 18.8 Å². The number of carbonyl (C=O) groups excluding carboxylic acids is 3. The molecule has 1 aliphatic carbocycles. The van der Waals surface area contributed by atoms with Crippen molar-refractivity contribution in [3.05, 3.63) is 84.6 Å². The molecule has 1 aliphatic heterocycles. The molecule has 0 bridgehead atoms. The predicted molar refractivity (Wildman–Crippen MR) is 178 cm³/mol. The largest absolute Gasteiger partial charge is 0.493 e. The summed E-state index contributed by atoms with van der Waals surface area (Å²) in [5.41, 5.74) is 5.20. The topological polar surface area (TPSA) is 145 Å². The molecule has 6 rings (SSSR count). The minimum absolute atomic E-state index is 0.0565. The predicted octanol–water partition coefficient (Wildman–Crippen LogP) is 5.40. The van der Waals surface area contributed by atoms with E-state index in [1.165, 1.54) is 36.4 Å². The lowest BCUT2D eigenvalue weighted by atomic mass is 10.0. The second-order valence-corrected chi connectivity index (χ2v) is 12.2. The van der Waals surface area contributed by atoms with Crippen molar-refractivity contribution in [2.45, 2.75) is 38.1 Å². The van der Waals surface area contributed by atoms with Gasteiger partial charge in [-0.2, -0.15) is 0 Å². The molecule has 4 aromatic rings. The van der Waals surface area contributed by atoms with Crippen LogP contribution in [0.1, 0.15) is 32.1 Å². The number of rotatable bonds is 14. The second-order valence-electron chi connectivity index (χ2n) is 12.2. The Hall–Kier alpha value is -5.14. The van der Waals surface area contributed by atoms with Gasteiger partial charge in [-0.25, -0.2) is 8.78 Å². The lowest BCUT2D eigenvalue weighted by molar-refractivity contribution is -0.143. The Bertz CT molecular complexity index is 1830. The number of hydrogen-bond donors (Lipinski definition) is 3. The van der Waals surface area contributed by atoms with E-state index in [-0.39, 0.29) is 24.0 Å². The third-order valence-electron chi connectivity index (χ3n) is 8.77. The summed E-state index contributed by atoms with van der Waals surface area (Å²) in [5, 5.41) is 5.94. The number of nitrogens with one attached hydrogen (secondary N) is 2. The zero-order valence-electron chi connectivity index (χ0n) is 26.8. The van der Waals surface area contributed by atoms with Crippen molar-refractivity contribution in [3.8, 4) is 17.2 Å². The molecule has 2 fully saturated rings. The van der Waals surface area contributed by atoms with E-state index < -0.39 is 34.8 Å². The number of esters is 1. The molecular formula is C36H37F2N5O6. The highest BCUT2D eigenvalue weighted by Crippen LogP contribution is 2.47. The number of aromatic nitrogens is 1. The summed E-state index contributed by atoms with van der Waals surface area (Å²) < 4.78 is 45.5. The fraction of sp³-hybridized carbons (Fsp3) is 0.333. The number of pyridine rings is 1. The van der Waals surface area contributed by atoms with Gasteiger partial charge in [-0.15, -0.1) is 0 Å². The minimum atomic E-state index is -1.28. The van der Waals surface area contributed by atoms with Crippen LogP contribution in [0.5, 0.6) is 17.2 Å². The molecule has 1 atom stereocenters. The molecule has 11 nitrogen and oxygen atoms in total. The molecular weight excluding hydrogens is 636 g/mol. The number of fused-ring (bicyclic) bond motifs is 1. The first-order valence-electron chi connectivity index (χ1n) is 16.2. The highest BCUT2D eigenvalue weighted by molar-refractivity contribution is 6.16. The zero-order valence-corrected chi connectivity index (χ0v) is 26.8. The van der Waals surface area contributed by atoms with Gasteiger partial charge in [-0.3, -0.25) is 24.3 Å². The average Bonchev–Trinajstić information content (AvgIpc) is 3.81. The number of benzene rings is 3. The van der Waals surface area contributed by atoms with Gasteiger partial charge in [0.15, 0.2) is 11.6 Å². The van der Waals surface area contributed by atoms with Crippen molar-refractivity contribution in [2.75, 3.05) is 43.5 Å². The molecule has 1 aromatic heterocycles. The first-order chi connectivity index (χ1) is 23.7. The lowest BCUT2D eigenvalue weighted by Gasteiger charge is -2.24. The van der Waals surface area contributed by atoms with Gasteiger partial charge >= 0.3 is 5.97 Å². The monoisotopic (exact) mass is 673 g/mol.